The second-order valence-corrected chi connectivity index (χ2v) is 6.27. The predicted octanol–water partition coefficient (Wildman–Crippen LogP) is 1.54. The lowest BCUT2D eigenvalue weighted by Gasteiger charge is -2.22. The Hall–Kier alpha value is -2.34. The summed E-state index contributed by atoms with van der Waals surface area (Å²) in [7, 11) is 1.92. The van der Waals surface area contributed by atoms with Crippen LogP contribution in [-0.2, 0) is 16.6 Å². The molecule has 1 aliphatic carbocycles. The van der Waals surface area contributed by atoms with Crippen LogP contribution in [-0.4, -0.2) is 33.6 Å². The van der Waals surface area contributed by atoms with Crippen LogP contribution in [0.25, 0.3) is 10.9 Å². The van der Waals surface area contributed by atoms with Gasteiger partial charge in [0.05, 0.1) is 5.60 Å². The number of aryl methyl sites for hydroxylation is 1. The molecule has 6 heteroatoms. The number of aromatic nitrogens is 1. The monoisotopic (exact) mass is 315 g/mol. The Kier molecular flexibility index (Phi) is 4.09. The normalized spacial score (nSPS) is 16.4. The van der Waals surface area contributed by atoms with Crippen LogP contribution in [0.4, 0.5) is 5.69 Å². The molecule has 0 spiro atoms. The summed E-state index contributed by atoms with van der Waals surface area (Å²) in [6.45, 7) is 0.121. The van der Waals surface area contributed by atoms with Gasteiger partial charge in [0.2, 0.25) is 0 Å². The molecule has 2 amide bonds. The number of aliphatic hydroxyl groups is 1. The molecule has 3 rings (SSSR count). The number of benzene rings is 1. The Bertz CT molecular complexity index is 745. The second kappa shape index (κ2) is 6.04. The van der Waals surface area contributed by atoms with E-state index >= 15 is 0 Å². The summed E-state index contributed by atoms with van der Waals surface area (Å²) in [6, 6.07) is 7.46. The highest BCUT2D eigenvalue weighted by atomic mass is 16.3. The molecule has 1 heterocycles. The van der Waals surface area contributed by atoms with E-state index in [-0.39, 0.29) is 6.54 Å². The highest BCUT2D eigenvalue weighted by Crippen LogP contribution is 2.28. The molecule has 1 saturated carbocycles. The molecule has 0 aliphatic heterocycles. The van der Waals surface area contributed by atoms with Crippen molar-refractivity contribution in [2.75, 3.05) is 11.9 Å². The van der Waals surface area contributed by atoms with Crippen molar-refractivity contribution < 1.29 is 14.7 Å². The molecule has 0 atom stereocenters. The van der Waals surface area contributed by atoms with Gasteiger partial charge in [-0.25, -0.2) is 0 Å². The van der Waals surface area contributed by atoms with Gasteiger partial charge in [-0.3, -0.25) is 9.59 Å². The zero-order valence-electron chi connectivity index (χ0n) is 13.1. The van der Waals surface area contributed by atoms with Gasteiger partial charge in [-0.1, -0.05) is 18.9 Å². The Morgan fingerprint density at radius 2 is 1.96 bits per heavy atom. The number of anilines is 1. The van der Waals surface area contributed by atoms with Crippen molar-refractivity contribution >= 4 is 28.4 Å². The summed E-state index contributed by atoms with van der Waals surface area (Å²) in [5.74, 6) is -1.45. The van der Waals surface area contributed by atoms with E-state index in [9.17, 15) is 14.7 Å². The fourth-order valence-electron chi connectivity index (χ4n) is 3.06. The zero-order chi connectivity index (χ0) is 16.4. The van der Waals surface area contributed by atoms with Crippen molar-refractivity contribution in [2.24, 2.45) is 7.05 Å². The summed E-state index contributed by atoms with van der Waals surface area (Å²) in [4.78, 5) is 23.9. The zero-order valence-corrected chi connectivity index (χ0v) is 13.1. The van der Waals surface area contributed by atoms with Crippen LogP contribution in [0.2, 0.25) is 0 Å². The number of nitrogens with zero attached hydrogens (tertiary/aromatic N) is 1. The van der Waals surface area contributed by atoms with Gasteiger partial charge >= 0.3 is 11.8 Å². The number of amides is 2. The van der Waals surface area contributed by atoms with Crippen LogP contribution >= 0.6 is 0 Å². The lowest BCUT2D eigenvalue weighted by atomic mass is 10.0. The summed E-state index contributed by atoms with van der Waals surface area (Å²) < 4.78 is 1.95. The van der Waals surface area contributed by atoms with E-state index in [0.29, 0.717) is 18.5 Å². The third-order valence-electron chi connectivity index (χ3n) is 4.46. The maximum absolute atomic E-state index is 12.0. The molecule has 1 aromatic carbocycles. The summed E-state index contributed by atoms with van der Waals surface area (Å²) in [6.07, 6.45) is 5.17. The van der Waals surface area contributed by atoms with Crippen LogP contribution in [0, 0.1) is 0 Å². The molecule has 0 saturated heterocycles. The highest BCUT2D eigenvalue weighted by molar-refractivity contribution is 6.39. The first-order valence-corrected chi connectivity index (χ1v) is 7.84. The molecule has 6 nitrogen and oxygen atoms in total. The Labute approximate surface area is 134 Å². The first kappa shape index (κ1) is 15.6. The maximum atomic E-state index is 12.0. The predicted molar refractivity (Wildman–Crippen MR) is 88.0 cm³/mol. The lowest BCUT2D eigenvalue weighted by Crippen LogP contribution is -2.44. The fourth-order valence-corrected chi connectivity index (χ4v) is 3.06. The molecule has 3 N–H and O–H groups in total. The van der Waals surface area contributed by atoms with E-state index in [2.05, 4.69) is 10.6 Å². The van der Waals surface area contributed by atoms with Crippen molar-refractivity contribution in [3.63, 3.8) is 0 Å². The van der Waals surface area contributed by atoms with Crippen LogP contribution in [0.5, 0.6) is 0 Å². The second-order valence-electron chi connectivity index (χ2n) is 6.27. The topological polar surface area (TPSA) is 83.4 Å². The van der Waals surface area contributed by atoms with E-state index in [4.69, 9.17) is 0 Å². The molecule has 122 valence electrons. The summed E-state index contributed by atoms with van der Waals surface area (Å²) >= 11 is 0. The standard InChI is InChI=1S/C17H21N3O3/c1-20-9-6-12-4-5-13(10-14(12)20)19-16(22)15(21)18-11-17(23)7-2-3-8-17/h4-6,9-10,23H,2-3,7-8,11H2,1H3,(H,18,21)(H,19,22). The van der Waals surface area contributed by atoms with Gasteiger partial charge in [-0.05, 0) is 36.4 Å². The molecule has 2 aromatic rings. The first-order chi connectivity index (χ1) is 11.0. The Balaban J connectivity index is 1.60. The minimum atomic E-state index is -0.863. The number of hydrogen-bond donors (Lipinski definition) is 3. The molecule has 1 fully saturated rings. The van der Waals surface area contributed by atoms with Crippen LogP contribution in [0.1, 0.15) is 25.7 Å². The van der Waals surface area contributed by atoms with Crippen molar-refractivity contribution in [3.8, 4) is 0 Å². The summed E-state index contributed by atoms with van der Waals surface area (Å²) in [5, 5.41) is 16.4. The van der Waals surface area contributed by atoms with E-state index in [1.54, 1.807) is 6.07 Å². The molecule has 0 bridgehead atoms. The largest absolute Gasteiger partial charge is 0.388 e. The highest BCUT2D eigenvalue weighted by Gasteiger charge is 2.32. The van der Waals surface area contributed by atoms with Crippen molar-refractivity contribution in [2.45, 2.75) is 31.3 Å². The smallest absolute Gasteiger partial charge is 0.313 e. The molecule has 0 unspecified atom stereocenters. The average molecular weight is 315 g/mol. The number of hydrogen-bond acceptors (Lipinski definition) is 3. The van der Waals surface area contributed by atoms with Crippen molar-refractivity contribution in [1.29, 1.82) is 0 Å². The van der Waals surface area contributed by atoms with Crippen LogP contribution < -0.4 is 10.6 Å². The lowest BCUT2D eigenvalue weighted by molar-refractivity contribution is -0.136. The van der Waals surface area contributed by atoms with Crippen LogP contribution in [0.15, 0.2) is 30.5 Å². The molecular formula is C17H21N3O3. The Morgan fingerprint density at radius 3 is 2.70 bits per heavy atom. The molecule has 1 aromatic heterocycles. The minimum Gasteiger partial charge on any atom is -0.388 e. The number of nitrogens with one attached hydrogen (secondary N) is 2. The quantitative estimate of drug-likeness (QED) is 0.751. The van der Waals surface area contributed by atoms with Gasteiger partial charge in [0.25, 0.3) is 0 Å². The SMILES string of the molecule is Cn1ccc2ccc(NC(=O)C(=O)NCC3(O)CCCC3)cc21. The average Bonchev–Trinajstić information content (AvgIpc) is 3.12. The van der Waals surface area contributed by atoms with E-state index in [1.807, 2.05) is 36.0 Å². The van der Waals surface area contributed by atoms with Gasteiger partial charge in [-0.2, -0.15) is 0 Å². The minimum absolute atomic E-state index is 0.121. The van der Waals surface area contributed by atoms with Crippen LogP contribution in [0.3, 0.4) is 0 Å². The van der Waals surface area contributed by atoms with Gasteiger partial charge in [0.1, 0.15) is 0 Å². The van der Waals surface area contributed by atoms with Gasteiger partial charge in [-0.15, -0.1) is 0 Å². The summed E-state index contributed by atoms with van der Waals surface area (Å²) in [5.41, 5.74) is 0.681. The molecule has 23 heavy (non-hydrogen) atoms. The third kappa shape index (κ3) is 3.37. The van der Waals surface area contributed by atoms with Crippen molar-refractivity contribution in [3.05, 3.63) is 30.5 Å². The number of carbonyl (C=O) groups is 2. The van der Waals surface area contributed by atoms with E-state index < -0.39 is 17.4 Å². The van der Waals surface area contributed by atoms with Gasteiger partial charge in [0, 0.05) is 31.0 Å². The van der Waals surface area contributed by atoms with Crippen molar-refractivity contribution in [1.82, 2.24) is 9.88 Å². The number of rotatable bonds is 3. The Morgan fingerprint density at radius 1 is 1.22 bits per heavy atom. The number of fused-ring (bicyclic) bond motifs is 1. The van der Waals surface area contributed by atoms with E-state index in [0.717, 1.165) is 23.7 Å². The molecule has 0 radical (unpaired) electrons. The molecule has 1 aliphatic rings. The van der Waals surface area contributed by atoms with Gasteiger partial charge < -0.3 is 20.3 Å². The fraction of sp³-hybridized carbons (Fsp3) is 0.412. The maximum Gasteiger partial charge on any atom is 0.313 e. The first-order valence-electron chi connectivity index (χ1n) is 7.84. The third-order valence-corrected chi connectivity index (χ3v) is 4.46. The van der Waals surface area contributed by atoms with Gasteiger partial charge in [0.15, 0.2) is 0 Å². The number of carbonyl (C=O) groups excluding carboxylic acids is 2. The van der Waals surface area contributed by atoms with E-state index in [1.165, 1.54) is 0 Å². The molecular weight excluding hydrogens is 294 g/mol.